The molecule has 0 N–H and O–H groups in total. The van der Waals surface area contributed by atoms with Crippen LogP contribution in [0, 0.1) is 35.5 Å². The van der Waals surface area contributed by atoms with Gasteiger partial charge in [-0.05, 0) is 99.0 Å². The molecule has 8 bridgehead atoms. The van der Waals surface area contributed by atoms with Crippen LogP contribution in [0.4, 0.5) is 0 Å². The summed E-state index contributed by atoms with van der Waals surface area (Å²) < 4.78 is 6.76. The van der Waals surface area contributed by atoms with E-state index >= 15 is 0 Å². The largest absolute Gasteiger partial charge is 0.466 e. The minimum atomic E-state index is 0.802. The molecule has 0 radical (unpaired) electrons. The lowest BCUT2D eigenvalue weighted by Crippen LogP contribution is -2.39. The quantitative estimate of drug-likeness (QED) is 0.677. The topological polar surface area (TPSA) is 9.23 Å². The minimum Gasteiger partial charge on any atom is -0.466 e. The molecule has 4 fully saturated rings. The van der Waals surface area contributed by atoms with Gasteiger partial charge in [-0.1, -0.05) is 0 Å². The number of allylic oxidation sites excluding steroid dienone is 4. The summed E-state index contributed by atoms with van der Waals surface area (Å²) >= 11 is 0. The second-order valence-corrected chi connectivity index (χ2v) is 9.13. The molecule has 8 aliphatic carbocycles. The Labute approximate surface area is 127 Å². The molecule has 8 aliphatic rings. The molecule has 4 unspecified atom stereocenters. The summed E-state index contributed by atoms with van der Waals surface area (Å²) in [6, 6.07) is 0. The van der Waals surface area contributed by atoms with Crippen molar-refractivity contribution < 1.29 is 4.74 Å². The van der Waals surface area contributed by atoms with Crippen LogP contribution in [0.2, 0.25) is 0 Å². The van der Waals surface area contributed by atoms with Gasteiger partial charge >= 0.3 is 0 Å². The summed E-state index contributed by atoms with van der Waals surface area (Å²) in [6.45, 7) is 0. The smallest absolute Gasteiger partial charge is 0.106 e. The molecule has 4 saturated carbocycles. The monoisotopic (exact) mass is 282 g/mol. The van der Waals surface area contributed by atoms with Gasteiger partial charge in [-0.2, -0.15) is 0 Å². The molecule has 8 rings (SSSR count). The highest BCUT2D eigenvalue weighted by atomic mass is 16.5. The first kappa shape index (κ1) is 11.8. The summed E-state index contributed by atoms with van der Waals surface area (Å²) in [5.74, 6) is 8.63. The van der Waals surface area contributed by atoms with Gasteiger partial charge < -0.3 is 4.74 Å². The molecule has 1 heteroatoms. The van der Waals surface area contributed by atoms with E-state index in [2.05, 4.69) is 0 Å². The fourth-order valence-electron chi connectivity index (χ4n) is 7.19. The Kier molecular flexibility index (Phi) is 2.23. The van der Waals surface area contributed by atoms with Crippen molar-refractivity contribution in [3.8, 4) is 0 Å². The lowest BCUT2D eigenvalue weighted by molar-refractivity contribution is 0.0568. The van der Waals surface area contributed by atoms with Crippen LogP contribution in [0.1, 0.15) is 64.2 Å². The highest BCUT2D eigenvalue weighted by Gasteiger charge is 2.46. The van der Waals surface area contributed by atoms with Gasteiger partial charge in [0, 0.05) is 11.8 Å². The van der Waals surface area contributed by atoms with Crippen molar-refractivity contribution in [3.63, 3.8) is 0 Å². The maximum atomic E-state index is 6.76. The summed E-state index contributed by atoms with van der Waals surface area (Å²) in [6.07, 6.45) is 14.3. The Hall–Kier alpha value is -0.720. The lowest BCUT2D eigenvalue weighted by atomic mass is 9.59. The Balaban J connectivity index is 1.36. The Morgan fingerprint density at radius 1 is 0.524 bits per heavy atom. The van der Waals surface area contributed by atoms with Crippen LogP contribution < -0.4 is 0 Å². The molecule has 0 spiro atoms. The van der Waals surface area contributed by atoms with Crippen LogP contribution in [0.5, 0.6) is 0 Å². The van der Waals surface area contributed by atoms with Crippen molar-refractivity contribution in [2.45, 2.75) is 64.2 Å². The number of hydrogen-bond donors (Lipinski definition) is 0. The third kappa shape index (κ3) is 1.64. The first-order chi connectivity index (χ1) is 10.3. The minimum absolute atomic E-state index is 0.802. The third-order valence-corrected chi connectivity index (χ3v) is 7.60. The molecule has 0 saturated heterocycles. The predicted molar refractivity (Wildman–Crippen MR) is 82.2 cm³/mol. The summed E-state index contributed by atoms with van der Waals surface area (Å²) in [4.78, 5) is 0. The van der Waals surface area contributed by atoms with Crippen molar-refractivity contribution >= 4 is 0 Å². The zero-order valence-electron chi connectivity index (χ0n) is 12.9. The van der Waals surface area contributed by atoms with E-state index in [9.17, 15) is 0 Å². The molecule has 21 heavy (non-hydrogen) atoms. The zero-order valence-corrected chi connectivity index (χ0v) is 12.9. The van der Waals surface area contributed by atoms with Gasteiger partial charge in [0.1, 0.15) is 11.5 Å². The van der Waals surface area contributed by atoms with Gasteiger partial charge in [-0.15, -0.1) is 0 Å². The van der Waals surface area contributed by atoms with E-state index in [1.165, 1.54) is 75.7 Å². The summed E-state index contributed by atoms with van der Waals surface area (Å²) in [5, 5.41) is 0. The maximum absolute atomic E-state index is 6.76. The second-order valence-electron chi connectivity index (χ2n) is 9.13. The fourth-order valence-corrected chi connectivity index (χ4v) is 7.19. The molecule has 0 aliphatic heterocycles. The van der Waals surface area contributed by atoms with Crippen LogP contribution in [-0.2, 0) is 4.74 Å². The molecular formula is C20H26O. The molecule has 112 valence electrons. The van der Waals surface area contributed by atoms with Gasteiger partial charge in [-0.25, -0.2) is 0 Å². The van der Waals surface area contributed by atoms with E-state index in [0.717, 1.165) is 35.5 Å². The summed E-state index contributed by atoms with van der Waals surface area (Å²) in [5.41, 5.74) is 3.47. The van der Waals surface area contributed by atoms with Crippen molar-refractivity contribution in [2.24, 2.45) is 35.5 Å². The van der Waals surface area contributed by atoms with E-state index in [1.807, 2.05) is 0 Å². The van der Waals surface area contributed by atoms with E-state index in [0.29, 0.717) is 0 Å². The normalized spacial score (nSPS) is 49.5. The van der Waals surface area contributed by atoms with Crippen LogP contribution in [-0.4, -0.2) is 0 Å². The number of hydrogen-bond acceptors (Lipinski definition) is 1. The van der Waals surface area contributed by atoms with Crippen LogP contribution >= 0.6 is 0 Å². The predicted octanol–water partition coefficient (Wildman–Crippen LogP) is 5.19. The lowest BCUT2D eigenvalue weighted by Gasteiger charge is -2.50. The van der Waals surface area contributed by atoms with Gasteiger partial charge in [0.2, 0.25) is 0 Å². The third-order valence-electron chi connectivity index (χ3n) is 7.60. The number of rotatable bonds is 2. The van der Waals surface area contributed by atoms with E-state index in [4.69, 9.17) is 4.74 Å². The fraction of sp³-hybridized carbons (Fsp3) is 0.800. The van der Waals surface area contributed by atoms with Gasteiger partial charge in [0.25, 0.3) is 0 Å². The molecule has 0 amide bonds. The van der Waals surface area contributed by atoms with Crippen LogP contribution in [0.3, 0.4) is 0 Å². The van der Waals surface area contributed by atoms with E-state index in [-0.39, 0.29) is 0 Å². The van der Waals surface area contributed by atoms with Crippen molar-refractivity contribution in [1.82, 2.24) is 0 Å². The van der Waals surface area contributed by atoms with E-state index < -0.39 is 0 Å². The molecule has 0 aromatic carbocycles. The van der Waals surface area contributed by atoms with Gasteiger partial charge in [0.15, 0.2) is 0 Å². The number of ether oxygens (including phenoxy) is 1. The molecule has 1 nitrogen and oxygen atoms in total. The van der Waals surface area contributed by atoms with Crippen LogP contribution in [0.25, 0.3) is 0 Å². The summed E-state index contributed by atoms with van der Waals surface area (Å²) in [7, 11) is 0. The molecular weight excluding hydrogens is 256 g/mol. The first-order valence-electron chi connectivity index (χ1n) is 9.43. The average molecular weight is 282 g/mol. The standard InChI is InChI=1S/C20H26O/c1-11-3-15-5-12(1)6-16(4-11)19(15)21-20-17-7-13-2-14(9-17)10-18(20)8-13/h11-15,17H,1-10H2. The zero-order chi connectivity index (χ0) is 13.6. The highest BCUT2D eigenvalue weighted by Crippen LogP contribution is 2.58. The molecule has 0 aromatic rings. The molecule has 4 atom stereocenters. The Morgan fingerprint density at radius 2 is 0.905 bits per heavy atom. The molecule has 0 heterocycles. The Bertz CT molecular complexity index is 486. The average Bonchev–Trinajstić information content (AvgIpc) is 2.43. The molecule has 0 aromatic heterocycles. The van der Waals surface area contributed by atoms with Crippen molar-refractivity contribution in [3.05, 3.63) is 22.7 Å². The van der Waals surface area contributed by atoms with E-state index in [1.54, 1.807) is 11.1 Å². The first-order valence-corrected chi connectivity index (χ1v) is 9.43. The van der Waals surface area contributed by atoms with Crippen molar-refractivity contribution in [1.29, 1.82) is 0 Å². The van der Waals surface area contributed by atoms with Gasteiger partial charge in [-0.3, -0.25) is 0 Å². The highest BCUT2D eigenvalue weighted by molar-refractivity contribution is 5.29. The maximum Gasteiger partial charge on any atom is 0.106 e. The van der Waals surface area contributed by atoms with Crippen molar-refractivity contribution in [2.75, 3.05) is 0 Å². The second kappa shape index (κ2) is 3.97. The van der Waals surface area contributed by atoms with Gasteiger partial charge in [0.05, 0.1) is 0 Å². The SMILES string of the molecule is C1C2=C(OC3=C4CC5CC(C4)CC3C5)C3CC1CC(C2)C3. The van der Waals surface area contributed by atoms with Crippen LogP contribution in [0.15, 0.2) is 22.7 Å². The Morgan fingerprint density at radius 3 is 1.24 bits per heavy atom.